The second-order valence-corrected chi connectivity index (χ2v) is 7.72. The molecule has 25 heavy (non-hydrogen) atoms. The monoisotopic (exact) mass is 391 g/mol. The van der Waals surface area contributed by atoms with Gasteiger partial charge in [0.05, 0.1) is 12.8 Å². The number of amides is 1. The van der Waals surface area contributed by atoms with Crippen LogP contribution in [0.4, 0.5) is 5.69 Å². The third-order valence-corrected chi connectivity index (χ3v) is 5.83. The number of ether oxygens (including phenoxy) is 2. The molecule has 1 fully saturated rings. The number of benzene rings is 1. The minimum Gasteiger partial charge on any atom is -0.495 e. The summed E-state index contributed by atoms with van der Waals surface area (Å²) in [7, 11) is -2.40. The minimum absolute atomic E-state index is 0. The number of halogens is 1. The standard InChI is InChI=1S/C15H21N3O5S.ClH/c1-9-3-4-16-7-11(9)18-24(20,21)14-6-12-10(5-13(14)22-2)17-15(19)8-23-12;/h5-6,9,11,16,18H,3-4,7-8H2,1-2H3,(H,17,19);1H. The zero-order chi connectivity index (χ0) is 17.3. The van der Waals surface area contributed by atoms with Crippen molar-refractivity contribution < 1.29 is 22.7 Å². The molecule has 1 saturated heterocycles. The first-order valence-corrected chi connectivity index (χ1v) is 9.27. The van der Waals surface area contributed by atoms with Crippen LogP contribution in [0.2, 0.25) is 0 Å². The molecular weight excluding hydrogens is 370 g/mol. The Morgan fingerprint density at radius 3 is 2.80 bits per heavy atom. The van der Waals surface area contributed by atoms with Gasteiger partial charge in [-0.2, -0.15) is 0 Å². The maximum absolute atomic E-state index is 12.8. The zero-order valence-electron chi connectivity index (χ0n) is 14.0. The Labute approximate surface area is 153 Å². The van der Waals surface area contributed by atoms with E-state index in [0.29, 0.717) is 18.0 Å². The summed E-state index contributed by atoms with van der Waals surface area (Å²) >= 11 is 0. The van der Waals surface area contributed by atoms with E-state index in [1.54, 1.807) is 0 Å². The van der Waals surface area contributed by atoms with Crippen LogP contribution in [-0.4, -0.2) is 47.2 Å². The van der Waals surface area contributed by atoms with Crippen molar-refractivity contribution in [2.24, 2.45) is 5.92 Å². The van der Waals surface area contributed by atoms with E-state index in [0.717, 1.165) is 13.0 Å². The van der Waals surface area contributed by atoms with Crippen LogP contribution in [0.15, 0.2) is 17.0 Å². The average molecular weight is 392 g/mol. The largest absolute Gasteiger partial charge is 0.495 e. The highest BCUT2D eigenvalue weighted by Crippen LogP contribution is 2.37. The van der Waals surface area contributed by atoms with Crippen molar-refractivity contribution in [1.82, 2.24) is 10.0 Å². The molecular formula is C15H22ClN3O5S. The van der Waals surface area contributed by atoms with Gasteiger partial charge in [-0.3, -0.25) is 4.79 Å². The molecule has 2 heterocycles. The van der Waals surface area contributed by atoms with Gasteiger partial charge in [0.15, 0.2) is 6.61 Å². The van der Waals surface area contributed by atoms with Gasteiger partial charge in [-0.25, -0.2) is 13.1 Å². The lowest BCUT2D eigenvalue weighted by molar-refractivity contribution is -0.118. The molecule has 2 aliphatic rings. The number of piperidine rings is 1. The first kappa shape index (κ1) is 19.8. The van der Waals surface area contributed by atoms with Gasteiger partial charge in [0.25, 0.3) is 5.91 Å². The van der Waals surface area contributed by atoms with Crippen molar-refractivity contribution in [2.45, 2.75) is 24.3 Å². The molecule has 1 aromatic carbocycles. The van der Waals surface area contributed by atoms with Crippen LogP contribution in [0.1, 0.15) is 13.3 Å². The van der Waals surface area contributed by atoms with Crippen LogP contribution in [-0.2, 0) is 14.8 Å². The molecule has 2 atom stereocenters. The summed E-state index contributed by atoms with van der Waals surface area (Å²) in [6, 6.07) is 2.66. The Bertz CT molecular complexity index is 756. The Balaban J connectivity index is 0.00000225. The molecule has 8 nitrogen and oxygen atoms in total. The average Bonchev–Trinajstić information content (AvgIpc) is 2.55. The molecule has 0 bridgehead atoms. The predicted molar refractivity (Wildman–Crippen MR) is 95.1 cm³/mol. The minimum atomic E-state index is -3.79. The summed E-state index contributed by atoms with van der Waals surface area (Å²) in [5.74, 6) is 0.412. The fourth-order valence-electron chi connectivity index (χ4n) is 2.87. The normalized spacial score (nSPS) is 22.9. The van der Waals surface area contributed by atoms with E-state index in [1.807, 2.05) is 6.92 Å². The van der Waals surface area contributed by atoms with Crippen LogP contribution in [0.3, 0.4) is 0 Å². The number of rotatable bonds is 4. The summed E-state index contributed by atoms with van der Waals surface area (Å²) in [6.45, 7) is 3.35. The number of anilines is 1. The van der Waals surface area contributed by atoms with Crippen LogP contribution in [0.25, 0.3) is 0 Å². The molecule has 1 aromatic rings. The molecule has 0 radical (unpaired) electrons. The smallest absolute Gasteiger partial charge is 0.262 e. The summed E-state index contributed by atoms with van der Waals surface area (Å²) in [6.07, 6.45) is 0.906. The lowest BCUT2D eigenvalue weighted by Crippen LogP contribution is -2.50. The van der Waals surface area contributed by atoms with Crippen LogP contribution >= 0.6 is 12.4 Å². The van der Waals surface area contributed by atoms with Gasteiger partial charge in [-0.1, -0.05) is 6.92 Å². The van der Waals surface area contributed by atoms with Crippen molar-refractivity contribution in [1.29, 1.82) is 0 Å². The number of hydrogen-bond donors (Lipinski definition) is 3. The number of methoxy groups -OCH3 is 1. The second kappa shape index (κ2) is 7.77. The molecule has 140 valence electrons. The van der Waals surface area contributed by atoms with Gasteiger partial charge < -0.3 is 20.1 Å². The number of carbonyl (C=O) groups excluding carboxylic acids is 1. The highest BCUT2D eigenvalue weighted by Gasteiger charge is 2.30. The van der Waals surface area contributed by atoms with Gasteiger partial charge in [-0.15, -0.1) is 12.4 Å². The first-order valence-electron chi connectivity index (χ1n) is 7.78. The van der Waals surface area contributed by atoms with Crippen molar-refractivity contribution in [3.05, 3.63) is 12.1 Å². The van der Waals surface area contributed by atoms with Gasteiger partial charge in [0.2, 0.25) is 10.0 Å². The van der Waals surface area contributed by atoms with Gasteiger partial charge in [0, 0.05) is 24.7 Å². The Morgan fingerprint density at radius 2 is 2.12 bits per heavy atom. The number of nitrogens with one attached hydrogen (secondary N) is 3. The van der Waals surface area contributed by atoms with E-state index in [9.17, 15) is 13.2 Å². The van der Waals surface area contributed by atoms with Crippen molar-refractivity contribution >= 4 is 34.0 Å². The maximum Gasteiger partial charge on any atom is 0.262 e. The number of hydrogen-bond acceptors (Lipinski definition) is 6. The third-order valence-electron chi connectivity index (χ3n) is 4.32. The molecule has 0 aliphatic carbocycles. The highest BCUT2D eigenvalue weighted by molar-refractivity contribution is 7.89. The fraction of sp³-hybridized carbons (Fsp3) is 0.533. The van der Waals surface area contributed by atoms with Crippen LogP contribution < -0.4 is 24.8 Å². The van der Waals surface area contributed by atoms with E-state index in [2.05, 4.69) is 15.4 Å². The molecule has 0 aromatic heterocycles. The molecule has 1 amide bonds. The highest BCUT2D eigenvalue weighted by atomic mass is 35.5. The summed E-state index contributed by atoms with van der Waals surface area (Å²) in [5.41, 5.74) is 0.398. The fourth-order valence-corrected chi connectivity index (χ4v) is 4.38. The number of sulfonamides is 1. The SMILES string of the molecule is COc1cc2c(cc1S(=O)(=O)NC1CNCCC1C)OCC(=O)N2.Cl. The lowest BCUT2D eigenvalue weighted by Gasteiger charge is -2.30. The molecule has 10 heteroatoms. The third kappa shape index (κ3) is 4.17. The van der Waals surface area contributed by atoms with Crippen LogP contribution in [0, 0.1) is 5.92 Å². The first-order chi connectivity index (χ1) is 11.4. The van der Waals surface area contributed by atoms with Gasteiger partial charge in [0.1, 0.15) is 16.4 Å². The summed E-state index contributed by atoms with van der Waals surface area (Å²) in [5, 5.41) is 5.82. The Morgan fingerprint density at radius 1 is 1.36 bits per heavy atom. The molecule has 3 rings (SSSR count). The lowest BCUT2D eigenvalue weighted by atomic mass is 9.96. The molecule has 3 N–H and O–H groups in total. The van der Waals surface area contributed by atoms with Crippen molar-refractivity contribution in [3.63, 3.8) is 0 Å². The summed E-state index contributed by atoms with van der Waals surface area (Å²) < 4.78 is 38.9. The molecule has 0 spiro atoms. The second-order valence-electron chi connectivity index (χ2n) is 6.03. The van der Waals surface area contributed by atoms with E-state index in [1.165, 1.54) is 19.2 Å². The predicted octanol–water partition coefficient (Wildman–Crippen LogP) is 0.724. The zero-order valence-corrected chi connectivity index (χ0v) is 15.6. The van der Waals surface area contributed by atoms with E-state index in [-0.39, 0.29) is 47.5 Å². The Kier molecular flexibility index (Phi) is 6.15. The topological polar surface area (TPSA) is 106 Å². The quantitative estimate of drug-likeness (QED) is 0.698. The number of fused-ring (bicyclic) bond motifs is 1. The van der Waals surface area contributed by atoms with E-state index in [4.69, 9.17) is 9.47 Å². The van der Waals surface area contributed by atoms with E-state index >= 15 is 0 Å². The van der Waals surface area contributed by atoms with Gasteiger partial charge in [-0.05, 0) is 18.9 Å². The summed E-state index contributed by atoms with van der Waals surface area (Å²) in [4.78, 5) is 11.4. The van der Waals surface area contributed by atoms with E-state index < -0.39 is 10.0 Å². The molecule has 2 unspecified atom stereocenters. The van der Waals surface area contributed by atoms with Crippen LogP contribution in [0.5, 0.6) is 11.5 Å². The number of carbonyl (C=O) groups is 1. The maximum atomic E-state index is 12.8. The van der Waals surface area contributed by atoms with Gasteiger partial charge >= 0.3 is 0 Å². The molecule has 0 saturated carbocycles. The van der Waals surface area contributed by atoms with Crippen molar-refractivity contribution in [2.75, 3.05) is 32.1 Å². The Hall–Kier alpha value is -1.55. The molecule has 2 aliphatic heterocycles. The van der Waals surface area contributed by atoms with Crippen molar-refractivity contribution in [3.8, 4) is 11.5 Å².